The summed E-state index contributed by atoms with van der Waals surface area (Å²) in [5, 5.41) is 24.6. The molecule has 1 aromatic carbocycles. The van der Waals surface area contributed by atoms with Crippen LogP contribution >= 0.6 is 0 Å². The first kappa shape index (κ1) is 17.4. The van der Waals surface area contributed by atoms with Crippen LogP contribution in [0.1, 0.15) is 29.8 Å². The van der Waals surface area contributed by atoms with Gasteiger partial charge in [-0.1, -0.05) is 18.2 Å². The Bertz CT molecular complexity index is 938. The first-order valence-corrected chi connectivity index (χ1v) is 8.09. The summed E-state index contributed by atoms with van der Waals surface area (Å²) < 4.78 is 1.06. The van der Waals surface area contributed by atoms with Crippen LogP contribution in [-0.2, 0) is 0 Å². The molecule has 8 heteroatoms. The highest BCUT2D eigenvalue weighted by atomic mass is 16.3. The van der Waals surface area contributed by atoms with Crippen LogP contribution in [0.2, 0.25) is 0 Å². The zero-order valence-corrected chi connectivity index (χ0v) is 13.9. The number of terminal acetylenes is 1. The van der Waals surface area contributed by atoms with E-state index in [0.717, 1.165) is 10.7 Å². The summed E-state index contributed by atoms with van der Waals surface area (Å²) in [5.41, 5.74) is -0.766. The quantitative estimate of drug-likeness (QED) is 0.739. The van der Waals surface area contributed by atoms with E-state index in [2.05, 4.69) is 26.6 Å². The van der Waals surface area contributed by atoms with E-state index in [1.807, 2.05) is 0 Å². The molecule has 0 saturated carbocycles. The van der Waals surface area contributed by atoms with Crippen molar-refractivity contribution in [3.63, 3.8) is 0 Å². The van der Waals surface area contributed by atoms with Crippen LogP contribution < -0.4 is 10.9 Å². The molecular formula is C18H17N5O3. The summed E-state index contributed by atoms with van der Waals surface area (Å²) in [6.45, 7) is 0.294. The van der Waals surface area contributed by atoms with E-state index in [1.54, 1.807) is 30.3 Å². The van der Waals surface area contributed by atoms with E-state index >= 15 is 0 Å². The second kappa shape index (κ2) is 7.19. The van der Waals surface area contributed by atoms with Gasteiger partial charge in [0.25, 0.3) is 11.5 Å². The Morgan fingerprint density at radius 3 is 2.65 bits per heavy atom. The third-order valence-corrected chi connectivity index (χ3v) is 3.99. The predicted molar refractivity (Wildman–Crippen MR) is 94.1 cm³/mol. The molecular weight excluding hydrogens is 334 g/mol. The van der Waals surface area contributed by atoms with Crippen molar-refractivity contribution < 1.29 is 9.90 Å². The monoisotopic (exact) mass is 351 g/mol. The molecule has 0 atom stereocenters. The second-order valence-corrected chi connectivity index (χ2v) is 5.86. The molecule has 0 spiro atoms. The minimum Gasteiger partial charge on any atom is -0.505 e. The molecule has 1 aromatic heterocycles. The number of rotatable bonds is 7. The van der Waals surface area contributed by atoms with Crippen LogP contribution in [0.25, 0.3) is 5.69 Å². The fraction of sp³-hybridized carbons (Fsp3) is 0.278. The Balaban J connectivity index is 1.70. The Morgan fingerprint density at radius 1 is 1.27 bits per heavy atom. The number of carbonyl (C=O) groups is 1. The van der Waals surface area contributed by atoms with Crippen molar-refractivity contribution in [2.45, 2.75) is 24.9 Å². The average molecular weight is 351 g/mol. The van der Waals surface area contributed by atoms with Gasteiger partial charge in [-0.15, -0.1) is 12.3 Å². The van der Waals surface area contributed by atoms with Gasteiger partial charge in [-0.05, 0) is 12.1 Å². The molecule has 2 aromatic rings. The van der Waals surface area contributed by atoms with E-state index in [-0.39, 0.29) is 5.69 Å². The number of para-hydroxylation sites is 1. The number of nitrogens with one attached hydrogen (secondary N) is 1. The zero-order chi connectivity index (χ0) is 18.6. The van der Waals surface area contributed by atoms with Crippen LogP contribution in [-0.4, -0.2) is 33.0 Å². The van der Waals surface area contributed by atoms with Crippen molar-refractivity contribution >= 4 is 5.91 Å². The first-order chi connectivity index (χ1) is 12.5. The number of aromatic hydroxyl groups is 1. The van der Waals surface area contributed by atoms with Gasteiger partial charge in [-0.3, -0.25) is 9.59 Å². The number of carbonyl (C=O) groups excluding carboxylic acids is 1. The highest BCUT2D eigenvalue weighted by molar-refractivity contribution is 5.94. The number of hydrogen-bond donors (Lipinski definition) is 2. The molecule has 0 fully saturated rings. The number of nitrogens with zero attached hydrogens (tertiary/aromatic N) is 4. The van der Waals surface area contributed by atoms with E-state index in [0.29, 0.717) is 31.5 Å². The fourth-order valence-electron chi connectivity index (χ4n) is 2.49. The molecule has 26 heavy (non-hydrogen) atoms. The highest BCUT2D eigenvalue weighted by Gasteiger charge is 2.38. The van der Waals surface area contributed by atoms with Crippen molar-refractivity contribution in [2.75, 3.05) is 6.54 Å². The van der Waals surface area contributed by atoms with Gasteiger partial charge >= 0.3 is 0 Å². The Hall–Kier alpha value is -3.47. The molecule has 1 aliphatic heterocycles. The topological polar surface area (TPSA) is 109 Å². The average Bonchev–Trinajstić information content (AvgIpc) is 3.41. The predicted octanol–water partition coefficient (Wildman–Crippen LogP) is 1.63. The number of hydrogen-bond acceptors (Lipinski definition) is 6. The van der Waals surface area contributed by atoms with Crippen LogP contribution in [0.15, 0.2) is 51.4 Å². The maximum Gasteiger partial charge on any atom is 0.275 e. The molecule has 8 nitrogen and oxygen atoms in total. The van der Waals surface area contributed by atoms with E-state index in [4.69, 9.17) is 6.42 Å². The van der Waals surface area contributed by atoms with Crippen LogP contribution in [0.4, 0.5) is 0 Å². The molecule has 3 rings (SSSR count). The third kappa shape index (κ3) is 3.78. The van der Waals surface area contributed by atoms with Gasteiger partial charge in [0, 0.05) is 31.9 Å². The Kier molecular flexibility index (Phi) is 4.80. The number of aromatic nitrogens is 2. The largest absolute Gasteiger partial charge is 0.505 e. The Morgan fingerprint density at radius 2 is 2.00 bits per heavy atom. The maximum atomic E-state index is 12.3. The van der Waals surface area contributed by atoms with E-state index in [1.165, 1.54) is 0 Å². The molecule has 0 aliphatic carbocycles. The molecule has 2 heterocycles. The Labute approximate surface area is 149 Å². The highest BCUT2D eigenvalue weighted by Crippen LogP contribution is 2.36. The fourth-order valence-corrected chi connectivity index (χ4v) is 2.49. The summed E-state index contributed by atoms with van der Waals surface area (Å²) in [6.07, 6.45) is 6.96. The van der Waals surface area contributed by atoms with Gasteiger partial charge in [0.1, 0.15) is 0 Å². The first-order valence-electron chi connectivity index (χ1n) is 8.09. The number of benzene rings is 1. The lowest BCUT2D eigenvalue weighted by atomic mass is 10.0. The molecule has 0 unspecified atom stereocenters. The third-order valence-electron chi connectivity index (χ3n) is 3.99. The summed E-state index contributed by atoms with van der Waals surface area (Å²) >= 11 is 0. The van der Waals surface area contributed by atoms with E-state index in [9.17, 15) is 14.7 Å². The second-order valence-electron chi connectivity index (χ2n) is 5.86. The molecule has 2 N–H and O–H groups in total. The minimum absolute atomic E-state index is 0.226. The van der Waals surface area contributed by atoms with Crippen molar-refractivity contribution in [1.29, 1.82) is 0 Å². The lowest BCUT2D eigenvalue weighted by Gasteiger charge is -2.11. The summed E-state index contributed by atoms with van der Waals surface area (Å²) in [7, 11) is 0. The van der Waals surface area contributed by atoms with Crippen molar-refractivity contribution in [3.8, 4) is 23.8 Å². The van der Waals surface area contributed by atoms with Gasteiger partial charge in [0.2, 0.25) is 0 Å². The number of amides is 1. The maximum absolute atomic E-state index is 12.3. The van der Waals surface area contributed by atoms with Gasteiger partial charge in [0.05, 0.1) is 5.69 Å². The van der Waals surface area contributed by atoms with E-state index < -0.39 is 22.9 Å². The van der Waals surface area contributed by atoms with Gasteiger partial charge in [-0.25, -0.2) is 0 Å². The molecule has 1 amide bonds. The lowest BCUT2D eigenvalue weighted by Crippen LogP contribution is -2.31. The lowest BCUT2D eigenvalue weighted by molar-refractivity contribution is 0.0942. The van der Waals surface area contributed by atoms with Gasteiger partial charge in [-0.2, -0.15) is 20.0 Å². The normalized spacial score (nSPS) is 13.8. The van der Waals surface area contributed by atoms with Crippen molar-refractivity contribution in [2.24, 2.45) is 10.2 Å². The van der Waals surface area contributed by atoms with Gasteiger partial charge < -0.3 is 10.4 Å². The van der Waals surface area contributed by atoms with Crippen molar-refractivity contribution in [1.82, 2.24) is 15.1 Å². The molecule has 1 aliphatic rings. The minimum atomic E-state index is -0.583. The summed E-state index contributed by atoms with van der Waals surface area (Å²) in [5.74, 6) is 1.49. The standard InChI is InChI=1S/C18H17N5O3/c1-2-3-9-18(21-22-18)10-11-19-17(26)16-14(24)12-15(25)23(20-16)13-7-5-4-6-8-13/h1,4-8,12,24H,3,9-11H2,(H,19,26). The SMILES string of the molecule is C#CCCC1(CCNC(=O)c2nn(-c3ccccc3)c(=O)cc2O)N=N1. The smallest absolute Gasteiger partial charge is 0.275 e. The van der Waals surface area contributed by atoms with Gasteiger partial charge in [0.15, 0.2) is 17.1 Å². The molecule has 0 bridgehead atoms. The summed E-state index contributed by atoms with van der Waals surface area (Å²) in [4.78, 5) is 24.4. The van der Waals surface area contributed by atoms with Crippen LogP contribution in [0.3, 0.4) is 0 Å². The van der Waals surface area contributed by atoms with Crippen LogP contribution in [0, 0.1) is 12.3 Å². The zero-order valence-electron chi connectivity index (χ0n) is 13.9. The molecule has 0 saturated heterocycles. The molecule has 132 valence electrons. The van der Waals surface area contributed by atoms with Crippen molar-refractivity contribution in [3.05, 3.63) is 52.4 Å². The molecule has 0 radical (unpaired) electrons. The van der Waals surface area contributed by atoms with Crippen LogP contribution in [0.5, 0.6) is 5.75 Å². The summed E-state index contributed by atoms with van der Waals surface area (Å²) in [6, 6.07) is 9.61.